The Morgan fingerprint density at radius 2 is 1.07 bits per heavy atom. The quantitative estimate of drug-likeness (QED) is 0.0743. The standard InChI is InChI=1S/C30H40N4O3.C16H11NO4.C13H27N3/c1-36-28-11-10-22(20-29(28)37-2)24-8-7-9-26-25(24)21-27(32-26)30(35)31-23-12-16-34(17-13-23)19-18-33-14-5-3-4-6-15-33;18-16(19)13-7-11-10(2-1-3-12(11)17-13)9-4-5-14-15(6-9)21-8-20-14;14-13-5-9-16(10-6-13)12-11-15-7-3-1-2-4-8-15/h7-11,20-21,23,32H,3-6,12-19H2,1-2H3,(H,31,35);1-7,17H,8H2,(H,18,19);13H,1-12,14H2. The van der Waals surface area contributed by atoms with Crippen molar-refractivity contribution in [2.75, 3.05) is 99.5 Å². The second-order valence-electron chi connectivity index (χ2n) is 20.6. The number of benzene rings is 4. The van der Waals surface area contributed by atoms with Crippen molar-refractivity contribution < 1.29 is 33.6 Å². The van der Waals surface area contributed by atoms with Gasteiger partial charge in [0, 0.05) is 73.2 Å². The molecule has 0 saturated carbocycles. The van der Waals surface area contributed by atoms with Crippen LogP contribution in [0.3, 0.4) is 0 Å². The zero-order valence-electron chi connectivity index (χ0n) is 43.7. The monoisotopic (exact) mass is 1010 g/mol. The number of fused-ring (bicyclic) bond motifs is 3. The van der Waals surface area contributed by atoms with Crippen LogP contribution in [0.25, 0.3) is 44.1 Å². The number of hydrogen-bond acceptors (Lipinski definition) is 11. The summed E-state index contributed by atoms with van der Waals surface area (Å²) in [5.74, 6) is 1.81. The molecule has 7 heterocycles. The predicted molar refractivity (Wildman–Crippen MR) is 294 cm³/mol. The van der Waals surface area contributed by atoms with Crippen LogP contribution < -0.4 is 30.0 Å². The largest absolute Gasteiger partial charge is 0.493 e. The Morgan fingerprint density at radius 3 is 1.62 bits per heavy atom. The average molecular weight is 1010 g/mol. The number of hydrogen-bond donors (Lipinski definition) is 5. The summed E-state index contributed by atoms with van der Waals surface area (Å²) in [6, 6.07) is 27.7. The molecule has 0 atom stereocenters. The molecule has 5 aliphatic rings. The first kappa shape index (κ1) is 52.8. The molecule has 1 amide bonds. The van der Waals surface area contributed by atoms with Gasteiger partial charge in [0.1, 0.15) is 11.4 Å². The molecule has 4 aromatic carbocycles. The molecule has 5 aliphatic heterocycles. The van der Waals surface area contributed by atoms with E-state index in [2.05, 4.69) is 41.0 Å². The lowest BCUT2D eigenvalue weighted by molar-refractivity contribution is 0.0691. The minimum Gasteiger partial charge on any atom is -0.493 e. The second-order valence-corrected chi connectivity index (χ2v) is 20.6. The van der Waals surface area contributed by atoms with Crippen LogP contribution in [-0.2, 0) is 0 Å². The fourth-order valence-corrected chi connectivity index (χ4v) is 11.1. The molecular weight excluding hydrogens is 933 g/mol. The number of aromatic carboxylic acids is 1. The number of H-pyrrole nitrogens is 2. The number of nitrogens with two attached hydrogens (primary N) is 1. The Labute approximate surface area is 436 Å². The van der Waals surface area contributed by atoms with Crippen LogP contribution in [0.15, 0.2) is 84.9 Å². The van der Waals surface area contributed by atoms with Gasteiger partial charge in [-0.15, -0.1) is 0 Å². The second kappa shape index (κ2) is 25.9. The van der Waals surface area contributed by atoms with Crippen LogP contribution in [-0.4, -0.2) is 158 Å². The predicted octanol–water partition coefficient (Wildman–Crippen LogP) is 9.47. The Hall–Kier alpha value is -6.10. The number of carboxylic acids is 1. The van der Waals surface area contributed by atoms with Gasteiger partial charge in [-0.3, -0.25) is 4.79 Å². The van der Waals surface area contributed by atoms with Gasteiger partial charge in [-0.25, -0.2) is 4.79 Å². The van der Waals surface area contributed by atoms with Gasteiger partial charge in [-0.1, -0.05) is 62.1 Å². The molecule has 396 valence electrons. The number of methoxy groups -OCH3 is 2. The first-order valence-corrected chi connectivity index (χ1v) is 27.3. The van der Waals surface area contributed by atoms with Gasteiger partial charge >= 0.3 is 5.97 Å². The number of carboxylic acid groups (broad SMARTS) is 1. The van der Waals surface area contributed by atoms with Crippen LogP contribution in [0, 0.1) is 0 Å². The number of nitrogens with one attached hydrogen (secondary N) is 3. The molecule has 15 heteroatoms. The van der Waals surface area contributed by atoms with Gasteiger partial charge in [-0.2, -0.15) is 0 Å². The highest BCUT2D eigenvalue weighted by molar-refractivity contribution is 6.03. The van der Waals surface area contributed by atoms with E-state index in [0.29, 0.717) is 29.0 Å². The number of likely N-dealkylation sites (tertiary alicyclic amines) is 4. The van der Waals surface area contributed by atoms with Crippen molar-refractivity contribution in [1.29, 1.82) is 0 Å². The topological polar surface area (TPSA) is 174 Å². The molecule has 4 fully saturated rings. The molecule has 15 nitrogen and oxygen atoms in total. The van der Waals surface area contributed by atoms with Gasteiger partial charge in [0.05, 0.1) is 14.2 Å². The first-order chi connectivity index (χ1) is 36.2. The van der Waals surface area contributed by atoms with Crippen LogP contribution >= 0.6 is 0 Å². The van der Waals surface area contributed by atoms with E-state index in [-0.39, 0.29) is 24.4 Å². The summed E-state index contributed by atoms with van der Waals surface area (Å²) in [4.78, 5) is 40.9. The van der Waals surface area contributed by atoms with E-state index in [9.17, 15) is 9.59 Å². The third kappa shape index (κ3) is 13.8. The number of aromatic amines is 2. The highest BCUT2D eigenvalue weighted by Crippen LogP contribution is 2.39. The molecule has 2 aromatic heterocycles. The van der Waals surface area contributed by atoms with E-state index in [1.54, 1.807) is 20.3 Å². The maximum absolute atomic E-state index is 13.2. The maximum atomic E-state index is 13.2. The highest BCUT2D eigenvalue weighted by atomic mass is 16.7. The van der Waals surface area contributed by atoms with E-state index in [1.165, 1.54) is 123 Å². The summed E-state index contributed by atoms with van der Waals surface area (Å²) in [7, 11) is 3.27. The smallest absolute Gasteiger partial charge is 0.352 e. The summed E-state index contributed by atoms with van der Waals surface area (Å²) >= 11 is 0. The van der Waals surface area contributed by atoms with Crippen molar-refractivity contribution in [2.45, 2.75) is 89.1 Å². The van der Waals surface area contributed by atoms with Gasteiger partial charge in [-0.05, 0) is 161 Å². The first-order valence-electron chi connectivity index (χ1n) is 27.3. The molecule has 11 rings (SSSR count). The number of amides is 1. The van der Waals surface area contributed by atoms with E-state index in [1.807, 2.05) is 72.8 Å². The molecule has 0 bridgehead atoms. The molecule has 0 spiro atoms. The normalized spacial score (nSPS) is 18.4. The summed E-state index contributed by atoms with van der Waals surface area (Å²) in [5.41, 5.74) is 12.4. The third-order valence-corrected chi connectivity index (χ3v) is 15.6. The van der Waals surface area contributed by atoms with Crippen LogP contribution in [0.5, 0.6) is 23.0 Å². The molecule has 0 unspecified atom stereocenters. The number of nitrogens with zero attached hydrogens (tertiary/aromatic N) is 4. The number of piperidine rings is 2. The lowest BCUT2D eigenvalue weighted by Crippen LogP contribution is -2.46. The minimum atomic E-state index is -0.970. The molecule has 4 saturated heterocycles. The van der Waals surface area contributed by atoms with Gasteiger partial charge in [0.15, 0.2) is 23.0 Å². The van der Waals surface area contributed by atoms with E-state index < -0.39 is 5.97 Å². The van der Waals surface area contributed by atoms with E-state index in [4.69, 9.17) is 29.8 Å². The number of rotatable bonds is 13. The van der Waals surface area contributed by atoms with E-state index >= 15 is 0 Å². The zero-order chi connectivity index (χ0) is 51.2. The van der Waals surface area contributed by atoms with Crippen molar-refractivity contribution >= 4 is 33.7 Å². The summed E-state index contributed by atoms with van der Waals surface area (Å²) in [6.45, 7) is 14.8. The number of carbonyl (C=O) groups excluding carboxylic acids is 1. The summed E-state index contributed by atoms with van der Waals surface area (Å²) < 4.78 is 21.6. The Balaban J connectivity index is 0.000000152. The number of aromatic nitrogens is 2. The fourth-order valence-electron chi connectivity index (χ4n) is 11.1. The third-order valence-electron chi connectivity index (χ3n) is 15.6. The lowest BCUT2D eigenvalue weighted by atomic mass is 10.0. The summed E-state index contributed by atoms with van der Waals surface area (Å²) in [6.07, 6.45) is 15.5. The molecule has 6 N–H and O–H groups in total. The van der Waals surface area contributed by atoms with Gasteiger partial charge < -0.3 is 64.7 Å². The molecule has 74 heavy (non-hydrogen) atoms. The van der Waals surface area contributed by atoms with Crippen LogP contribution in [0.2, 0.25) is 0 Å². The van der Waals surface area contributed by atoms with Crippen molar-refractivity contribution in [1.82, 2.24) is 34.9 Å². The average Bonchev–Trinajstić information content (AvgIpc) is 4.10. The molecule has 0 radical (unpaired) electrons. The van der Waals surface area contributed by atoms with Gasteiger partial charge in [0.2, 0.25) is 6.79 Å². The Bertz CT molecular complexity index is 2760. The van der Waals surface area contributed by atoms with Crippen LogP contribution in [0.1, 0.15) is 98.0 Å². The van der Waals surface area contributed by atoms with Crippen LogP contribution in [0.4, 0.5) is 0 Å². The lowest BCUT2D eigenvalue weighted by Gasteiger charge is -2.33. The molecular formula is C59H78N8O7. The Kier molecular flexibility index (Phi) is 18.5. The number of ether oxygens (including phenoxy) is 4. The zero-order valence-corrected chi connectivity index (χ0v) is 43.7. The van der Waals surface area contributed by atoms with Crippen molar-refractivity contribution in [3.63, 3.8) is 0 Å². The molecule has 0 aliphatic carbocycles. The fraction of sp³-hybridized carbons (Fsp3) is 0.492. The van der Waals surface area contributed by atoms with E-state index in [0.717, 1.165) is 82.3 Å². The highest BCUT2D eigenvalue weighted by Gasteiger charge is 2.24. The van der Waals surface area contributed by atoms with Crippen molar-refractivity contribution in [3.8, 4) is 45.3 Å². The SMILES string of the molecule is COc1ccc(-c2cccc3[nH]c(C(=O)NC4CCN(CCN5CCCCCC5)CC4)cc23)cc1OC.NC1CCN(CCN2CCCCCC2)CC1.O=C(O)c1cc2c(-c3ccc4c(c3)OCO4)cccc2[nH]1. The minimum absolute atomic E-state index is 0.0301. The van der Waals surface area contributed by atoms with Gasteiger partial charge in [0.25, 0.3) is 5.91 Å². The van der Waals surface area contributed by atoms with Crippen molar-refractivity contribution in [2.24, 2.45) is 5.73 Å². The summed E-state index contributed by atoms with van der Waals surface area (Å²) in [5, 5.41) is 14.3. The maximum Gasteiger partial charge on any atom is 0.352 e. The molecule has 6 aromatic rings. The van der Waals surface area contributed by atoms with Crippen molar-refractivity contribution in [3.05, 3.63) is 96.3 Å². The number of carbonyl (C=O) groups is 2. The Morgan fingerprint density at radius 1 is 0.581 bits per heavy atom.